The lowest BCUT2D eigenvalue weighted by atomic mass is 9.95. The van der Waals surface area contributed by atoms with Gasteiger partial charge in [-0.1, -0.05) is 0 Å². The molecule has 9 heteroatoms. The summed E-state index contributed by atoms with van der Waals surface area (Å²) in [5, 5.41) is 15.4. The Morgan fingerprint density at radius 1 is 1.29 bits per heavy atom. The molecule has 2 rings (SSSR count). The van der Waals surface area contributed by atoms with Gasteiger partial charge >= 0.3 is 0 Å². The highest BCUT2D eigenvalue weighted by Gasteiger charge is 2.23. The number of hydrogen-bond donors (Lipinski definition) is 4. The molecule has 1 saturated heterocycles. The van der Waals surface area contributed by atoms with Gasteiger partial charge in [0.2, 0.25) is 5.91 Å². The summed E-state index contributed by atoms with van der Waals surface area (Å²) >= 11 is 0. The first-order chi connectivity index (χ1) is 13.0. The van der Waals surface area contributed by atoms with E-state index in [2.05, 4.69) is 20.5 Å². The molecule has 156 valence electrons. The molecule has 1 unspecified atom stereocenters. The van der Waals surface area contributed by atoms with Crippen LogP contribution in [0.1, 0.15) is 36.5 Å². The van der Waals surface area contributed by atoms with Gasteiger partial charge < -0.3 is 26.4 Å². The summed E-state index contributed by atoms with van der Waals surface area (Å²) in [5.74, 6) is 0.720. The Morgan fingerprint density at radius 3 is 2.64 bits per heavy atom. The highest BCUT2D eigenvalue weighted by Crippen LogP contribution is 2.19. The van der Waals surface area contributed by atoms with E-state index in [1.807, 2.05) is 6.92 Å². The standard InChI is InChI=1S/C19H29N5O3.HI/c1-2-21-19(24-11-3-4-14(13-24)12-17(20)26)23-10-9-22-18(27)15-5-7-16(25)8-6-15;/h5-8,14,25H,2-4,9-13H2,1H3,(H2,20,26)(H,21,23)(H,22,27);1H. The number of hydrogen-bond acceptors (Lipinski definition) is 4. The summed E-state index contributed by atoms with van der Waals surface area (Å²) in [6.07, 6.45) is 2.40. The summed E-state index contributed by atoms with van der Waals surface area (Å²) in [7, 11) is 0. The number of nitrogens with two attached hydrogens (primary N) is 1. The number of phenols is 1. The van der Waals surface area contributed by atoms with E-state index in [1.165, 1.54) is 12.1 Å². The third-order valence-corrected chi connectivity index (χ3v) is 4.43. The first-order valence-electron chi connectivity index (χ1n) is 9.38. The van der Waals surface area contributed by atoms with E-state index >= 15 is 0 Å². The Bertz CT molecular complexity index is 666. The van der Waals surface area contributed by atoms with Crippen LogP contribution in [0, 0.1) is 5.92 Å². The summed E-state index contributed by atoms with van der Waals surface area (Å²) in [4.78, 5) is 30.0. The molecule has 1 aromatic carbocycles. The van der Waals surface area contributed by atoms with Gasteiger partial charge in [0.25, 0.3) is 5.91 Å². The van der Waals surface area contributed by atoms with Crippen molar-refractivity contribution in [2.75, 3.05) is 32.7 Å². The average Bonchev–Trinajstić information content (AvgIpc) is 2.64. The minimum atomic E-state index is -0.263. The van der Waals surface area contributed by atoms with E-state index in [4.69, 9.17) is 5.73 Å². The molecule has 1 fully saturated rings. The fourth-order valence-electron chi connectivity index (χ4n) is 3.18. The lowest BCUT2D eigenvalue weighted by Gasteiger charge is -2.34. The Morgan fingerprint density at radius 2 is 2.00 bits per heavy atom. The van der Waals surface area contributed by atoms with E-state index in [-0.39, 0.29) is 47.5 Å². The van der Waals surface area contributed by atoms with Crippen LogP contribution < -0.4 is 16.4 Å². The second kappa shape index (κ2) is 12.4. The van der Waals surface area contributed by atoms with E-state index in [0.29, 0.717) is 25.1 Å². The van der Waals surface area contributed by atoms with Crippen molar-refractivity contribution in [1.29, 1.82) is 0 Å². The summed E-state index contributed by atoms with van der Waals surface area (Å²) in [6.45, 7) is 5.26. The van der Waals surface area contributed by atoms with Crippen LogP contribution in [0.2, 0.25) is 0 Å². The third-order valence-electron chi connectivity index (χ3n) is 4.43. The fraction of sp³-hybridized carbons (Fsp3) is 0.526. The topological polar surface area (TPSA) is 120 Å². The number of nitrogens with zero attached hydrogens (tertiary/aromatic N) is 2. The largest absolute Gasteiger partial charge is 0.508 e. The van der Waals surface area contributed by atoms with Gasteiger partial charge in [0.05, 0.1) is 6.54 Å². The quantitative estimate of drug-likeness (QED) is 0.194. The van der Waals surface area contributed by atoms with Crippen LogP contribution in [0.25, 0.3) is 0 Å². The van der Waals surface area contributed by atoms with E-state index in [9.17, 15) is 14.7 Å². The van der Waals surface area contributed by atoms with Gasteiger partial charge in [-0.25, -0.2) is 0 Å². The van der Waals surface area contributed by atoms with Crippen LogP contribution >= 0.6 is 24.0 Å². The van der Waals surface area contributed by atoms with Crippen LogP contribution in [0.4, 0.5) is 0 Å². The summed E-state index contributed by atoms with van der Waals surface area (Å²) < 4.78 is 0. The number of carbonyl (C=O) groups excluding carboxylic acids is 2. The summed E-state index contributed by atoms with van der Waals surface area (Å²) in [6, 6.07) is 6.11. The van der Waals surface area contributed by atoms with Crippen LogP contribution in [-0.4, -0.2) is 60.5 Å². The molecule has 0 saturated carbocycles. The Labute approximate surface area is 183 Å². The molecule has 0 aliphatic carbocycles. The highest BCUT2D eigenvalue weighted by atomic mass is 127. The van der Waals surface area contributed by atoms with Gasteiger partial charge in [0.15, 0.2) is 5.96 Å². The highest BCUT2D eigenvalue weighted by molar-refractivity contribution is 14.0. The van der Waals surface area contributed by atoms with Crippen LogP contribution in [-0.2, 0) is 4.79 Å². The minimum Gasteiger partial charge on any atom is -0.508 e. The zero-order chi connectivity index (χ0) is 19.6. The molecule has 0 bridgehead atoms. The summed E-state index contributed by atoms with van der Waals surface area (Å²) in [5.41, 5.74) is 5.82. The number of nitrogens with one attached hydrogen (secondary N) is 2. The van der Waals surface area contributed by atoms with E-state index in [1.54, 1.807) is 12.1 Å². The van der Waals surface area contributed by atoms with Crippen molar-refractivity contribution in [3.8, 4) is 5.75 Å². The smallest absolute Gasteiger partial charge is 0.251 e. The van der Waals surface area contributed by atoms with Gasteiger partial charge in [-0.2, -0.15) is 0 Å². The lowest BCUT2D eigenvalue weighted by Crippen LogP contribution is -2.47. The number of amides is 2. The lowest BCUT2D eigenvalue weighted by molar-refractivity contribution is -0.119. The molecule has 1 aliphatic heterocycles. The molecule has 0 radical (unpaired) electrons. The van der Waals surface area contributed by atoms with Crippen LogP contribution in [0.15, 0.2) is 29.3 Å². The maximum absolute atomic E-state index is 12.1. The predicted molar refractivity (Wildman–Crippen MR) is 120 cm³/mol. The van der Waals surface area contributed by atoms with E-state index < -0.39 is 0 Å². The molecule has 0 spiro atoms. The van der Waals surface area contributed by atoms with Gasteiger partial charge in [0, 0.05) is 38.2 Å². The van der Waals surface area contributed by atoms with Crippen LogP contribution in [0.3, 0.4) is 0 Å². The number of benzene rings is 1. The molecular formula is C19H30IN5O3. The number of piperidine rings is 1. The molecule has 1 atom stereocenters. The Kier molecular flexibility index (Phi) is 10.6. The molecule has 28 heavy (non-hydrogen) atoms. The number of likely N-dealkylation sites (tertiary alicyclic amines) is 1. The molecule has 1 aliphatic rings. The molecule has 2 amide bonds. The van der Waals surface area contributed by atoms with Gasteiger partial charge in [-0.05, 0) is 49.9 Å². The number of primary amides is 1. The number of carbonyl (C=O) groups is 2. The molecule has 5 N–H and O–H groups in total. The maximum Gasteiger partial charge on any atom is 0.251 e. The number of aliphatic imine (C=N–C) groups is 1. The third kappa shape index (κ3) is 7.91. The normalized spacial score (nSPS) is 16.8. The number of guanidine groups is 1. The molecule has 1 aromatic rings. The number of rotatable bonds is 7. The maximum atomic E-state index is 12.1. The molecule has 8 nitrogen and oxygen atoms in total. The van der Waals surface area contributed by atoms with Gasteiger partial charge in [0.1, 0.15) is 5.75 Å². The van der Waals surface area contributed by atoms with Crippen molar-refractivity contribution in [3.05, 3.63) is 29.8 Å². The monoisotopic (exact) mass is 503 g/mol. The zero-order valence-corrected chi connectivity index (χ0v) is 18.5. The average molecular weight is 503 g/mol. The van der Waals surface area contributed by atoms with Crippen molar-refractivity contribution in [2.45, 2.75) is 26.2 Å². The second-order valence-electron chi connectivity index (χ2n) is 6.66. The Balaban J connectivity index is 0.00000392. The zero-order valence-electron chi connectivity index (χ0n) is 16.2. The first-order valence-corrected chi connectivity index (χ1v) is 9.38. The van der Waals surface area contributed by atoms with Crippen molar-refractivity contribution in [2.24, 2.45) is 16.6 Å². The molecule has 1 heterocycles. The predicted octanol–water partition coefficient (Wildman–Crippen LogP) is 1.29. The first kappa shape index (κ1) is 24.0. The van der Waals surface area contributed by atoms with Gasteiger partial charge in [-0.3, -0.25) is 14.6 Å². The number of phenolic OH excluding ortho intramolecular Hbond substituents is 1. The van der Waals surface area contributed by atoms with Crippen molar-refractivity contribution >= 4 is 41.8 Å². The van der Waals surface area contributed by atoms with Crippen molar-refractivity contribution < 1.29 is 14.7 Å². The number of aromatic hydroxyl groups is 1. The Hall–Kier alpha value is -2.04. The van der Waals surface area contributed by atoms with Crippen LogP contribution in [0.5, 0.6) is 5.75 Å². The molecular weight excluding hydrogens is 473 g/mol. The SMILES string of the molecule is CCNC(=NCCNC(=O)c1ccc(O)cc1)N1CCCC(CC(N)=O)C1.I. The van der Waals surface area contributed by atoms with Crippen molar-refractivity contribution in [1.82, 2.24) is 15.5 Å². The fourth-order valence-corrected chi connectivity index (χ4v) is 3.18. The van der Waals surface area contributed by atoms with Crippen molar-refractivity contribution in [3.63, 3.8) is 0 Å². The van der Waals surface area contributed by atoms with Gasteiger partial charge in [-0.15, -0.1) is 24.0 Å². The number of halogens is 1. The second-order valence-corrected chi connectivity index (χ2v) is 6.66. The molecule has 0 aromatic heterocycles. The minimum absolute atomic E-state index is 0. The van der Waals surface area contributed by atoms with E-state index in [0.717, 1.165) is 38.4 Å².